The topological polar surface area (TPSA) is 31.4 Å². The van der Waals surface area contributed by atoms with E-state index in [0.29, 0.717) is 5.02 Å². The lowest BCUT2D eigenvalue weighted by molar-refractivity contribution is 0.250. The van der Waals surface area contributed by atoms with Gasteiger partial charge in [0.15, 0.2) is 0 Å². The number of nitrogens with one attached hydrogen (secondary N) is 1. The molecule has 1 saturated heterocycles. The van der Waals surface area contributed by atoms with Crippen LogP contribution in [0.2, 0.25) is 5.02 Å². The second kappa shape index (κ2) is 9.15. The van der Waals surface area contributed by atoms with E-state index >= 15 is 0 Å². The summed E-state index contributed by atoms with van der Waals surface area (Å²) in [5.41, 5.74) is 5.30. The zero-order valence-corrected chi connectivity index (χ0v) is 18.4. The van der Waals surface area contributed by atoms with E-state index in [1.165, 1.54) is 17.7 Å². The third-order valence-corrected chi connectivity index (χ3v) is 6.14. The van der Waals surface area contributed by atoms with Gasteiger partial charge in [0.05, 0.1) is 5.52 Å². The number of rotatable bonds is 5. The van der Waals surface area contributed by atoms with Crippen molar-refractivity contribution in [2.75, 3.05) is 36.4 Å². The summed E-state index contributed by atoms with van der Waals surface area (Å²) in [5, 5.41) is 5.22. The summed E-state index contributed by atoms with van der Waals surface area (Å²) >= 11 is 6.09. The van der Waals surface area contributed by atoms with Crippen LogP contribution >= 0.6 is 11.6 Å². The van der Waals surface area contributed by atoms with Crippen molar-refractivity contribution in [3.05, 3.63) is 95.4 Å². The molecule has 0 saturated carbocycles. The highest BCUT2D eigenvalue weighted by atomic mass is 35.5. The first-order valence-corrected chi connectivity index (χ1v) is 11.1. The standard InChI is InChI=1S/C26H24ClFN4/c27-20-3-10-24-25(11-12-29-26(24)17-20)30-22-6-1-19(2-7-22)18-31-13-15-32(16-14-31)23-8-4-21(28)5-9-23/h1-12,17H,13-16,18H2,(H,29,30). The minimum atomic E-state index is -0.188. The van der Waals surface area contributed by atoms with Crippen molar-refractivity contribution in [3.63, 3.8) is 0 Å². The minimum Gasteiger partial charge on any atom is -0.369 e. The molecule has 6 heteroatoms. The molecular weight excluding hydrogens is 423 g/mol. The molecule has 0 unspecified atom stereocenters. The van der Waals surface area contributed by atoms with Crippen LogP contribution in [0.3, 0.4) is 0 Å². The Kier molecular flexibility index (Phi) is 5.93. The number of piperazine rings is 1. The van der Waals surface area contributed by atoms with Crippen LogP contribution in [0.25, 0.3) is 10.9 Å². The molecule has 4 nitrogen and oxygen atoms in total. The molecule has 1 aliphatic heterocycles. The van der Waals surface area contributed by atoms with Crippen molar-refractivity contribution in [3.8, 4) is 0 Å². The van der Waals surface area contributed by atoms with Crippen LogP contribution in [0.5, 0.6) is 0 Å². The molecule has 0 atom stereocenters. The summed E-state index contributed by atoms with van der Waals surface area (Å²) in [6.07, 6.45) is 1.79. The Labute approximate surface area is 192 Å². The molecule has 1 N–H and O–H groups in total. The number of aromatic nitrogens is 1. The zero-order chi connectivity index (χ0) is 21.9. The molecule has 32 heavy (non-hydrogen) atoms. The maximum atomic E-state index is 13.2. The van der Waals surface area contributed by atoms with Crippen molar-refractivity contribution < 1.29 is 4.39 Å². The number of fused-ring (bicyclic) bond motifs is 1. The molecule has 4 aromatic rings. The van der Waals surface area contributed by atoms with E-state index in [2.05, 4.69) is 44.4 Å². The summed E-state index contributed by atoms with van der Waals surface area (Å²) in [5.74, 6) is -0.188. The van der Waals surface area contributed by atoms with Gasteiger partial charge in [-0.05, 0) is 66.2 Å². The van der Waals surface area contributed by atoms with Crippen molar-refractivity contribution >= 4 is 39.6 Å². The van der Waals surface area contributed by atoms with E-state index in [4.69, 9.17) is 11.6 Å². The summed E-state index contributed by atoms with van der Waals surface area (Å²) in [6.45, 7) is 4.80. The Morgan fingerprint density at radius 3 is 2.38 bits per heavy atom. The van der Waals surface area contributed by atoms with Crippen molar-refractivity contribution in [2.45, 2.75) is 6.54 Å². The normalized spacial score (nSPS) is 14.6. The second-order valence-electron chi connectivity index (χ2n) is 8.08. The van der Waals surface area contributed by atoms with E-state index in [-0.39, 0.29) is 5.82 Å². The Hall–Kier alpha value is -3.15. The van der Waals surface area contributed by atoms with Gasteiger partial charge < -0.3 is 10.2 Å². The predicted octanol–water partition coefficient (Wildman–Crippen LogP) is 6.09. The first-order valence-electron chi connectivity index (χ1n) is 10.8. The smallest absolute Gasteiger partial charge is 0.123 e. The molecule has 5 rings (SSSR count). The number of hydrogen-bond donors (Lipinski definition) is 1. The zero-order valence-electron chi connectivity index (χ0n) is 17.6. The third-order valence-electron chi connectivity index (χ3n) is 5.91. The van der Waals surface area contributed by atoms with E-state index in [1.54, 1.807) is 6.20 Å². The fourth-order valence-corrected chi connectivity index (χ4v) is 4.32. The molecular formula is C26H24ClFN4. The van der Waals surface area contributed by atoms with Gasteiger partial charge in [-0.2, -0.15) is 0 Å². The third kappa shape index (κ3) is 4.69. The SMILES string of the molecule is Fc1ccc(N2CCN(Cc3ccc(Nc4ccnc5cc(Cl)ccc45)cc3)CC2)cc1. The van der Waals surface area contributed by atoms with Crippen LogP contribution < -0.4 is 10.2 Å². The molecule has 1 aromatic heterocycles. The van der Waals surface area contributed by atoms with Crippen LogP contribution in [0.4, 0.5) is 21.5 Å². The van der Waals surface area contributed by atoms with Gasteiger partial charge >= 0.3 is 0 Å². The molecule has 162 valence electrons. The van der Waals surface area contributed by atoms with Crippen LogP contribution in [0.1, 0.15) is 5.56 Å². The quantitative estimate of drug-likeness (QED) is 0.401. The Morgan fingerprint density at radius 1 is 0.875 bits per heavy atom. The summed E-state index contributed by atoms with van der Waals surface area (Å²) in [6, 6.07) is 23.1. The number of hydrogen-bond acceptors (Lipinski definition) is 4. The minimum absolute atomic E-state index is 0.188. The highest BCUT2D eigenvalue weighted by Gasteiger charge is 2.17. The summed E-state index contributed by atoms with van der Waals surface area (Å²) in [7, 11) is 0. The van der Waals surface area contributed by atoms with Gasteiger partial charge in [0.2, 0.25) is 0 Å². The Balaban J connectivity index is 1.19. The fourth-order valence-electron chi connectivity index (χ4n) is 4.15. The van der Waals surface area contributed by atoms with Gasteiger partial charge in [0.25, 0.3) is 0 Å². The largest absolute Gasteiger partial charge is 0.369 e. The first kappa shape index (κ1) is 20.7. The van der Waals surface area contributed by atoms with E-state index in [1.807, 2.05) is 36.4 Å². The fraction of sp³-hybridized carbons (Fsp3) is 0.192. The van der Waals surface area contributed by atoms with Crippen LogP contribution in [-0.2, 0) is 6.54 Å². The molecule has 1 aliphatic rings. The summed E-state index contributed by atoms with van der Waals surface area (Å²) < 4.78 is 13.2. The van der Waals surface area contributed by atoms with E-state index < -0.39 is 0 Å². The number of anilines is 3. The highest BCUT2D eigenvalue weighted by Crippen LogP contribution is 2.27. The Morgan fingerprint density at radius 2 is 1.62 bits per heavy atom. The molecule has 0 aliphatic carbocycles. The van der Waals surface area contributed by atoms with Crippen molar-refractivity contribution in [1.82, 2.24) is 9.88 Å². The molecule has 3 aromatic carbocycles. The molecule has 0 bridgehead atoms. The monoisotopic (exact) mass is 446 g/mol. The lowest BCUT2D eigenvalue weighted by Gasteiger charge is -2.36. The lowest BCUT2D eigenvalue weighted by Crippen LogP contribution is -2.45. The van der Waals surface area contributed by atoms with Crippen molar-refractivity contribution in [1.29, 1.82) is 0 Å². The predicted molar refractivity (Wildman–Crippen MR) is 130 cm³/mol. The van der Waals surface area contributed by atoms with Gasteiger partial charge in [-0.15, -0.1) is 0 Å². The molecule has 0 radical (unpaired) electrons. The van der Waals surface area contributed by atoms with Crippen LogP contribution in [0.15, 0.2) is 79.0 Å². The number of benzene rings is 3. The number of pyridine rings is 1. The van der Waals surface area contributed by atoms with Gasteiger partial charge in [0.1, 0.15) is 5.82 Å². The van der Waals surface area contributed by atoms with Gasteiger partial charge in [-0.3, -0.25) is 9.88 Å². The lowest BCUT2D eigenvalue weighted by atomic mass is 10.1. The molecule has 1 fully saturated rings. The van der Waals surface area contributed by atoms with Crippen LogP contribution in [0, 0.1) is 5.82 Å². The second-order valence-corrected chi connectivity index (χ2v) is 8.52. The number of nitrogens with zero attached hydrogens (tertiary/aromatic N) is 3. The maximum Gasteiger partial charge on any atom is 0.123 e. The van der Waals surface area contributed by atoms with E-state index in [9.17, 15) is 4.39 Å². The molecule has 2 heterocycles. The average molecular weight is 447 g/mol. The average Bonchev–Trinajstić information content (AvgIpc) is 2.81. The molecule has 0 spiro atoms. The van der Waals surface area contributed by atoms with Gasteiger partial charge in [0, 0.05) is 66.4 Å². The number of halogens is 2. The molecule has 0 amide bonds. The highest BCUT2D eigenvalue weighted by molar-refractivity contribution is 6.31. The maximum absolute atomic E-state index is 13.2. The van der Waals surface area contributed by atoms with Crippen LogP contribution in [-0.4, -0.2) is 36.1 Å². The van der Waals surface area contributed by atoms with E-state index in [0.717, 1.165) is 60.7 Å². The van der Waals surface area contributed by atoms with Crippen molar-refractivity contribution in [2.24, 2.45) is 0 Å². The summed E-state index contributed by atoms with van der Waals surface area (Å²) in [4.78, 5) is 9.18. The van der Waals surface area contributed by atoms with Gasteiger partial charge in [-0.1, -0.05) is 23.7 Å². The Bertz CT molecular complexity index is 1200. The van der Waals surface area contributed by atoms with Gasteiger partial charge in [-0.25, -0.2) is 4.39 Å². The first-order chi connectivity index (χ1) is 15.6.